The van der Waals surface area contributed by atoms with Gasteiger partial charge in [-0.05, 0) is 72.7 Å². The summed E-state index contributed by atoms with van der Waals surface area (Å²) in [7, 11) is 1.46. The van der Waals surface area contributed by atoms with Crippen LogP contribution in [0.3, 0.4) is 0 Å². The predicted molar refractivity (Wildman–Crippen MR) is 130 cm³/mol. The Morgan fingerprint density at radius 2 is 1.63 bits per heavy atom. The standard InChI is InChI=1S/C26H30N6O3/c1-14(2)24-31-32-25(35-24)26(13-15(3)27)20-9-7-18(22(28)33)11-16(20)5-6-17-12-19(8-10-21(17)26)23(34)30-29-4/h7-12,14-15H,5-6,13,27H2,1-4H3,(H2,28,33)/t15-,26?/m1/s1. The molecule has 2 aromatic carbocycles. The van der Waals surface area contributed by atoms with E-state index in [4.69, 9.17) is 15.9 Å². The largest absolute Gasteiger partial charge is 0.424 e. The molecule has 2 atom stereocenters. The third-order valence-electron chi connectivity index (χ3n) is 6.44. The van der Waals surface area contributed by atoms with Crippen molar-refractivity contribution < 1.29 is 14.0 Å². The van der Waals surface area contributed by atoms with E-state index in [0.717, 1.165) is 22.3 Å². The Morgan fingerprint density at radius 1 is 1.03 bits per heavy atom. The van der Waals surface area contributed by atoms with Gasteiger partial charge in [-0.3, -0.25) is 9.59 Å². The summed E-state index contributed by atoms with van der Waals surface area (Å²) in [5, 5.41) is 16.1. The van der Waals surface area contributed by atoms with Crippen molar-refractivity contribution in [2.24, 2.45) is 21.7 Å². The normalized spacial score (nSPS) is 18.2. The second-order valence-electron chi connectivity index (χ2n) is 9.40. The third-order valence-corrected chi connectivity index (χ3v) is 6.44. The fourth-order valence-corrected chi connectivity index (χ4v) is 4.94. The van der Waals surface area contributed by atoms with Gasteiger partial charge in [-0.2, -0.15) is 5.11 Å². The van der Waals surface area contributed by atoms with Gasteiger partial charge in [0.25, 0.3) is 5.91 Å². The highest BCUT2D eigenvalue weighted by Gasteiger charge is 2.46. The molecule has 0 saturated carbocycles. The predicted octanol–water partition coefficient (Wildman–Crippen LogP) is 3.68. The van der Waals surface area contributed by atoms with Crippen LogP contribution in [-0.2, 0) is 18.3 Å². The molecular weight excluding hydrogens is 444 g/mol. The minimum atomic E-state index is -0.875. The van der Waals surface area contributed by atoms with Crippen LogP contribution in [0.25, 0.3) is 0 Å². The van der Waals surface area contributed by atoms with Crippen LogP contribution in [0.4, 0.5) is 0 Å². The Balaban J connectivity index is 2.05. The smallest absolute Gasteiger partial charge is 0.295 e. The summed E-state index contributed by atoms with van der Waals surface area (Å²) in [6.07, 6.45) is 1.73. The molecule has 0 saturated heterocycles. The molecule has 9 heteroatoms. The fraction of sp³-hybridized carbons (Fsp3) is 0.385. The molecule has 2 amide bonds. The van der Waals surface area contributed by atoms with Crippen molar-refractivity contribution >= 4 is 11.8 Å². The molecule has 0 fully saturated rings. The van der Waals surface area contributed by atoms with Crippen LogP contribution in [-0.4, -0.2) is 35.1 Å². The molecule has 1 heterocycles. The number of carbonyl (C=O) groups is 2. The summed E-state index contributed by atoms with van der Waals surface area (Å²) < 4.78 is 6.28. The van der Waals surface area contributed by atoms with Crippen molar-refractivity contribution in [3.05, 3.63) is 81.6 Å². The minimum Gasteiger partial charge on any atom is -0.424 e. The second-order valence-corrected chi connectivity index (χ2v) is 9.40. The van der Waals surface area contributed by atoms with Crippen LogP contribution in [0.2, 0.25) is 0 Å². The topological polar surface area (TPSA) is 150 Å². The molecular formula is C26H30N6O3. The number of benzene rings is 2. The van der Waals surface area contributed by atoms with E-state index in [9.17, 15) is 9.59 Å². The Morgan fingerprint density at radius 3 is 2.14 bits per heavy atom. The highest BCUT2D eigenvalue weighted by molar-refractivity contribution is 5.95. The zero-order valence-corrected chi connectivity index (χ0v) is 20.4. The second kappa shape index (κ2) is 9.50. The fourth-order valence-electron chi connectivity index (χ4n) is 4.94. The quantitative estimate of drug-likeness (QED) is 0.520. The first-order chi connectivity index (χ1) is 16.7. The molecule has 1 aliphatic carbocycles. The van der Waals surface area contributed by atoms with E-state index in [0.29, 0.717) is 42.2 Å². The molecule has 4 rings (SSSR count). The number of fused-ring (bicyclic) bond motifs is 2. The summed E-state index contributed by atoms with van der Waals surface area (Å²) in [6, 6.07) is 10.8. The van der Waals surface area contributed by atoms with Gasteiger partial charge in [-0.15, -0.1) is 15.3 Å². The van der Waals surface area contributed by atoms with E-state index in [2.05, 4.69) is 20.4 Å². The van der Waals surface area contributed by atoms with Gasteiger partial charge in [0.2, 0.25) is 17.7 Å². The first kappa shape index (κ1) is 24.4. The van der Waals surface area contributed by atoms with Gasteiger partial charge >= 0.3 is 0 Å². The van der Waals surface area contributed by atoms with Gasteiger partial charge in [0.1, 0.15) is 5.41 Å². The first-order valence-corrected chi connectivity index (χ1v) is 11.7. The van der Waals surface area contributed by atoms with Crippen molar-refractivity contribution in [3.63, 3.8) is 0 Å². The number of primary amides is 1. The Bertz CT molecular complexity index is 1310. The Labute approximate surface area is 204 Å². The molecule has 0 bridgehead atoms. The third kappa shape index (κ3) is 4.39. The molecule has 9 nitrogen and oxygen atoms in total. The van der Waals surface area contributed by atoms with Crippen molar-refractivity contribution in [2.75, 3.05) is 7.05 Å². The number of aryl methyl sites for hydroxylation is 2. The number of amides is 2. The number of nitrogens with two attached hydrogens (primary N) is 2. The van der Waals surface area contributed by atoms with Crippen LogP contribution in [0.5, 0.6) is 0 Å². The van der Waals surface area contributed by atoms with E-state index in [1.807, 2.05) is 45.0 Å². The molecule has 1 unspecified atom stereocenters. The molecule has 1 aromatic heterocycles. The summed E-state index contributed by atoms with van der Waals surface area (Å²) >= 11 is 0. The maximum atomic E-state index is 12.5. The van der Waals surface area contributed by atoms with Gasteiger partial charge in [-0.25, -0.2) is 0 Å². The molecule has 4 N–H and O–H groups in total. The van der Waals surface area contributed by atoms with Gasteiger partial charge in [0.15, 0.2) is 0 Å². The Kier molecular flexibility index (Phi) is 6.62. The highest BCUT2D eigenvalue weighted by atomic mass is 16.4. The molecule has 1 aliphatic rings. The lowest BCUT2D eigenvalue weighted by Gasteiger charge is -2.35. The van der Waals surface area contributed by atoms with Gasteiger partial charge < -0.3 is 15.9 Å². The number of hydrogen-bond acceptors (Lipinski definition) is 7. The van der Waals surface area contributed by atoms with E-state index in [1.165, 1.54) is 7.05 Å². The van der Waals surface area contributed by atoms with Crippen LogP contribution in [0.15, 0.2) is 51.0 Å². The number of aromatic nitrogens is 2. The average molecular weight is 475 g/mol. The van der Waals surface area contributed by atoms with Crippen molar-refractivity contribution in [1.82, 2.24) is 10.2 Å². The Hall–Kier alpha value is -3.72. The number of azo groups is 1. The number of rotatable bonds is 6. The van der Waals surface area contributed by atoms with Crippen molar-refractivity contribution in [1.29, 1.82) is 0 Å². The van der Waals surface area contributed by atoms with E-state index in [-0.39, 0.29) is 12.0 Å². The van der Waals surface area contributed by atoms with Gasteiger partial charge in [-0.1, -0.05) is 26.0 Å². The van der Waals surface area contributed by atoms with Crippen LogP contribution < -0.4 is 11.5 Å². The minimum absolute atomic E-state index is 0.0463. The zero-order valence-electron chi connectivity index (χ0n) is 20.4. The maximum Gasteiger partial charge on any atom is 0.295 e. The molecule has 0 radical (unpaired) electrons. The molecule has 0 aliphatic heterocycles. The van der Waals surface area contributed by atoms with E-state index >= 15 is 0 Å². The lowest BCUT2D eigenvalue weighted by Crippen LogP contribution is -2.37. The first-order valence-electron chi connectivity index (χ1n) is 11.7. The van der Waals surface area contributed by atoms with Crippen LogP contribution in [0, 0.1) is 0 Å². The molecule has 182 valence electrons. The monoisotopic (exact) mass is 474 g/mol. The van der Waals surface area contributed by atoms with Gasteiger partial charge in [0, 0.05) is 30.1 Å². The SMILES string of the molecule is CN=NC(=O)c1ccc2c(c1)CCc1cc(C(N)=O)ccc1C2(C[C@@H](C)N)c1nnc(C(C)C)o1. The molecule has 35 heavy (non-hydrogen) atoms. The van der Waals surface area contributed by atoms with Crippen LogP contribution >= 0.6 is 0 Å². The van der Waals surface area contributed by atoms with Gasteiger partial charge in [0.05, 0.1) is 0 Å². The van der Waals surface area contributed by atoms with Crippen molar-refractivity contribution in [2.45, 2.75) is 57.4 Å². The number of hydrogen-bond donors (Lipinski definition) is 2. The van der Waals surface area contributed by atoms with Crippen LogP contribution in [0.1, 0.15) is 87.9 Å². The molecule has 0 spiro atoms. The number of carbonyl (C=O) groups excluding carboxylic acids is 2. The maximum absolute atomic E-state index is 12.5. The van der Waals surface area contributed by atoms with Crippen molar-refractivity contribution in [3.8, 4) is 0 Å². The summed E-state index contributed by atoms with van der Waals surface area (Å²) in [6.45, 7) is 5.91. The number of nitrogens with zero attached hydrogens (tertiary/aromatic N) is 4. The zero-order chi connectivity index (χ0) is 25.3. The van der Waals surface area contributed by atoms with E-state index in [1.54, 1.807) is 12.1 Å². The summed E-state index contributed by atoms with van der Waals surface area (Å²) in [5.74, 6) is 0.100. The van der Waals surface area contributed by atoms with E-state index < -0.39 is 17.2 Å². The lowest BCUT2D eigenvalue weighted by atomic mass is 9.68. The highest BCUT2D eigenvalue weighted by Crippen LogP contribution is 2.48. The lowest BCUT2D eigenvalue weighted by molar-refractivity contribution is 0.0988. The molecule has 3 aromatic rings. The summed E-state index contributed by atoms with van der Waals surface area (Å²) in [4.78, 5) is 24.4. The summed E-state index contributed by atoms with van der Waals surface area (Å²) in [5.41, 5.74) is 15.8. The average Bonchev–Trinajstić information content (AvgIpc) is 3.28.